The SMILES string of the molecule is COc1ccc(C(C)(C)CNC(=O)NCC(C)(C)CCO)cc1. The average molecular weight is 322 g/mol. The molecule has 0 aliphatic carbocycles. The maximum Gasteiger partial charge on any atom is 0.314 e. The Morgan fingerprint density at radius 3 is 2.17 bits per heavy atom. The minimum Gasteiger partial charge on any atom is -0.497 e. The van der Waals surface area contributed by atoms with Crippen molar-refractivity contribution in [2.24, 2.45) is 5.41 Å². The van der Waals surface area contributed by atoms with Crippen LogP contribution >= 0.6 is 0 Å². The van der Waals surface area contributed by atoms with Crippen LogP contribution in [0.5, 0.6) is 5.75 Å². The molecule has 0 aliphatic rings. The van der Waals surface area contributed by atoms with Crippen molar-refractivity contribution in [3.8, 4) is 5.75 Å². The molecule has 2 amide bonds. The van der Waals surface area contributed by atoms with Gasteiger partial charge in [-0.3, -0.25) is 0 Å². The Hall–Kier alpha value is -1.75. The van der Waals surface area contributed by atoms with Gasteiger partial charge in [0, 0.05) is 25.1 Å². The number of aliphatic hydroxyl groups is 1. The number of urea groups is 1. The van der Waals surface area contributed by atoms with Crippen molar-refractivity contribution in [1.29, 1.82) is 0 Å². The summed E-state index contributed by atoms with van der Waals surface area (Å²) in [7, 11) is 1.64. The monoisotopic (exact) mass is 322 g/mol. The molecule has 1 aromatic rings. The van der Waals surface area contributed by atoms with Crippen LogP contribution in [0.4, 0.5) is 4.79 Å². The highest BCUT2D eigenvalue weighted by atomic mass is 16.5. The van der Waals surface area contributed by atoms with E-state index in [2.05, 4.69) is 24.5 Å². The average Bonchev–Trinajstić information content (AvgIpc) is 2.51. The fourth-order valence-corrected chi connectivity index (χ4v) is 2.22. The molecule has 5 heteroatoms. The Kier molecular flexibility index (Phi) is 6.88. The molecule has 3 N–H and O–H groups in total. The number of hydrogen-bond donors (Lipinski definition) is 3. The highest BCUT2D eigenvalue weighted by Crippen LogP contribution is 2.24. The Morgan fingerprint density at radius 1 is 1.09 bits per heavy atom. The number of aliphatic hydroxyl groups excluding tert-OH is 1. The van der Waals surface area contributed by atoms with Crippen molar-refractivity contribution in [2.45, 2.75) is 39.5 Å². The maximum atomic E-state index is 12.0. The van der Waals surface area contributed by atoms with E-state index in [1.807, 2.05) is 38.1 Å². The third-order valence-electron chi connectivity index (χ3n) is 4.08. The minimum absolute atomic E-state index is 0.114. The zero-order valence-corrected chi connectivity index (χ0v) is 14.9. The second-order valence-corrected chi connectivity index (χ2v) is 7.29. The van der Waals surface area contributed by atoms with Crippen LogP contribution < -0.4 is 15.4 Å². The molecule has 0 aromatic heterocycles. The molecule has 0 heterocycles. The highest BCUT2D eigenvalue weighted by molar-refractivity contribution is 5.74. The zero-order chi connectivity index (χ0) is 17.5. The van der Waals surface area contributed by atoms with Crippen molar-refractivity contribution < 1.29 is 14.6 Å². The number of methoxy groups -OCH3 is 1. The smallest absolute Gasteiger partial charge is 0.314 e. The summed E-state index contributed by atoms with van der Waals surface area (Å²) in [5.74, 6) is 0.821. The largest absolute Gasteiger partial charge is 0.497 e. The minimum atomic E-state index is -0.183. The second kappa shape index (κ2) is 8.20. The lowest BCUT2D eigenvalue weighted by molar-refractivity contribution is 0.200. The van der Waals surface area contributed by atoms with Gasteiger partial charge in [0.15, 0.2) is 0 Å². The second-order valence-electron chi connectivity index (χ2n) is 7.29. The molecule has 0 radical (unpaired) electrons. The van der Waals surface area contributed by atoms with E-state index in [0.717, 1.165) is 11.3 Å². The fraction of sp³-hybridized carbons (Fsp3) is 0.611. The van der Waals surface area contributed by atoms with Crippen molar-refractivity contribution in [2.75, 3.05) is 26.8 Å². The molecule has 0 bridgehead atoms. The summed E-state index contributed by atoms with van der Waals surface area (Å²) < 4.78 is 5.17. The molecule has 1 aromatic carbocycles. The molecular formula is C18H30N2O3. The number of benzene rings is 1. The van der Waals surface area contributed by atoms with Gasteiger partial charge >= 0.3 is 6.03 Å². The van der Waals surface area contributed by atoms with Crippen molar-refractivity contribution in [1.82, 2.24) is 10.6 Å². The summed E-state index contributed by atoms with van der Waals surface area (Å²) in [6, 6.07) is 7.70. The molecule has 0 atom stereocenters. The van der Waals surface area contributed by atoms with Crippen molar-refractivity contribution >= 4 is 6.03 Å². The Morgan fingerprint density at radius 2 is 1.65 bits per heavy atom. The standard InChI is InChI=1S/C18H30N2O3/c1-17(2,10-11-21)12-19-16(22)20-13-18(3,4)14-6-8-15(23-5)9-7-14/h6-9,21H,10-13H2,1-5H3,(H2,19,20,22). The van der Waals surface area contributed by atoms with E-state index in [-0.39, 0.29) is 23.5 Å². The van der Waals surface area contributed by atoms with E-state index in [1.54, 1.807) is 7.11 Å². The topological polar surface area (TPSA) is 70.6 Å². The van der Waals surface area contributed by atoms with Gasteiger partial charge in [-0.05, 0) is 29.5 Å². The van der Waals surface area contributed by atoms with Crippen LogP contribution in [0.2, 0.25) is 0 Å². The summed E-state index contributed by atoms with van der Waals surface area (Å²) in [5.41, 5.74) is 0.848. The Labute approximate surface area is 139 Å². The molecule has 0 unspecified atom stereocenters. The predicted octanol–water partition coefficient (Wildman–Crippen LogP) is 2.68. The lowest BCUT2D eigenvalue weighted by Gasteiger charge is -2.27. The molecule has 0 aliphatic heterocycles. The summed E-state index contributed by atoms with van der Waals surface area (Å²) in [6.07, 6.45) is 0.657. The summed E-state index contributed by atoms with van der Waals surface area (Å²) in [5, 5.41) is 14.8. The summed E-state index contributed by atoms with van der Waals surface area (Å²) in [6.45, 7) is 9.40. The lowest BCUT2D eigenvalue weighted by atomic mass is 9.84. The van der Waals surface area contributed by atoms with Crippen LogP contribution in [0, 0.1) is 5.41 Å². The summed E-state index contributed by atoms with van der Waals surface area (Å²) >= 11 is 0. The van der Waals surface area contributed by atoms with Crippen LogP contribution in [0.1, 0.15) is 39.7 Å². The third-order valence-corrected chi connectivity index (χ3v) is 4.08. The number of ether oxygens (including phenoxy) is 1. The predicted molar refractivity (Wildman–Crippen MR) is 92.9 cm³/mol. The van der Waals surface area contributed by atoms with E-state index < -0.39 is 0 Å². The molecule has 5 nitrogen and oxygen atoms in total. The van der Waals surface area contributed by atoms with Crippen molar-refractivity contribution in [3.05, 3.63) is 29.8 Å². The number of nitrogens with one attached hydrogen (secondary N) is 2. The number of hydrogen-bond acceptors (Lipinski definition) is 3. The van der Waals surface area contributed by atoms with Gasteiger partial charge in [-0.1, -0.05) is 39.8 Å². The molecule has 0 spiro atoms. The van der Waals surface area contributed by atoms with Gasteiger partial charge in [0.05, 0.1) is 7.11 Å². The third kappa shape index (κ3) is 6.48. The van der Waals surface area contributed by atoms with Crippen LogP contribution in [-0.2, 0) is 5.41 Å². The number of rotatable bonds is 8. The first-order valence-corrected chi connectivity index (χ1v) is 7.97. The number of carbonyl (C=O) groups excluding carboxylic acids is 1. The first-order chi connectivity index (χ1) is 10.7. The molecule has 130 valence electrons. The van der Waals surface area contributed by atoms with E-state index in [0.29, 0.717) is 19.5 Å². The first-order valence-electron chi connectivity index (χ1n) is 7.97. The van der Waals surface area contributed by atoms with Gasteiger partial charge in [0.25, 0.3) is 0 Å². The van der Waals surface area contributed by atoms with E-state index >= 15 is 0 Å². The van der Waals surface area contributed by atoms with Gasteiger partial charge in [-0.2, -0.15) is 0 Å². The number of carbonyl (C=O) groups is 1. The lowest BCUT2D eigenvalue weighted by Crippen LogP contribution is -2.45. The Balaban J connectivity index is 2.49. The first kappa shape index (κ1) is 19.3. The van der Waals surface area contributed by atoms with Gasteiger partial charge in [-0.25, -0.2) is 4.79 Å². The van der Waals surface area contributed by atoms with Crippen molar-refractivity contribution in [3.63, 3.8) is 0 Å². The Bertz CT molecular complexity index is 495. The van der Waals surface area contributed by atoms with Gasteiger partial charge in [-0.15, -0.1) is 0 Å². The van der Waals surface area contributed by atoms with Gasteiger partial charge in [0.2, 0.25) is 0 Å². The van der Waals surface area contributed by atoms with Crippen LogP contribution in [-0.4, -0.2) is 37.9 Å². The highest BCUT2D eigenvalue weighted by Gasteiger charge is 2.22. The quantitative estimate of drug-likeness (QED) is 0.689. The molecule has 1 rings (SSSR count). The fourth-order valence-electron chi connectivity index (χ4n) is 2.22. The molecule has 0 saturated heterocycles. The van der Waals surface area contributed by atoms with E-state index in [9.17, 15) is 4.79 Å². The van der Waals surface area contributed by atoms with E-state index in [4.69, 9.17) is 9.84 Å². The molecule has 0 fully saturated rings. The van der Waals surface area contributed by atoms with Crippen LogP contribution in [0.3, 0.4) is 0 Å². The zero-order valence-electron chi connectivity index (χ0n) is 14.9. The van der Waals surface area contributed by atoms with E-state index in [1.165, 1.54) is 0 Å². The molecular weight excluding hydrogens is 292 g/mol. The van der Waals surface area contributed by atoms with Gasteiger partial charge in [0.1, 0.15) is 5.75 Å². The number of amides is 2. The maximum absolute atomic E-state index is 12.0. The van der Waals surface area contributed by atoms with Gasteiger partial charge < -0.3 is 20.5 Å². The normalized spacial score (nSPS) is 11.9. The summed E-state index contributed by atoms with van der Waals surface area (Å²) in [4.78, 5) is 12.0. The van der Waals surface area contributed by atoms with Crippen LogP contribution in [0.25, 0.3) is 0 Å². The molecule has 23 heavy (non-hydrogen) atoms. The van der Waals surface area contributed by atoms with Crippen LogP contribution in [0.15, 0.2) is 24.3 Å². The molecule has 0 saturated carbocycles.